The second-order valence-corrected chi connectivity index (χ2v) is 6.05. The third kappa shape index (κ3) is 3.99. The summed E-state index contributed by atoms with van der Waals surface area (Å²) in [5, 5.41) is 20.6. The van der Waals surface area contributed by atoms with E-state index in [9.17, 15) is 4.79 Å². The number of pyridine rings is 1. The Bertz CT molecular complexity index is 859. The van der Waals surface area contributed by atoms with Crippen LogP contribution in [0.2, 0.25) is 0 Å². The monoisotopic (exact) mass is 369 g/mol. The molecule has 0 aliphatic carbocycles. The number of hydrogen-bond donors (Lipinski definition) is 2. The first kappa shape index (κ1) is 17.2. The second-order valence-electron chi connectivity index (χ2n) is 6.05. The van der Waals surface area contributed by atoms with Gasteiger partial charge < -0.3 is 10.1 Å². The van der Waals surface area contributed by atoms with Crippen molar-refractivity contribution in [3.05, 3.63) is 48.2 Å². The summed E-state index contributed by atoms with van der Waals surface area (Å²) in [7, 11) is 0. The highest BCUT2D eigenvalue weighted by molar-refractivity contribution is 5.92. The minimum absolute atomic E-state index is 0.0217. The van der Waals surface area contributed by atoms with Crippen LogP contribution in [0.15, 0.2) is 36.9 Å². The van der Waals surface area contributed by atoms with Gasteiger partial charge in [-0.1, -0.05) is 6.07 Å². The highest BCUT2D eigenvalue weighted by Crippen LogP contribution is 2.20. The Balaban J connectivity index is 1.45. The average molecular weight is 369 g/mol. The van der Waals surface area contributed by atoms with Gasteiger partial charge in [-0.15, -0.1) is 5.10 Å². The van der Waals surface area contributed by atoms with E-state index in [1.54, 1.807) is 12.3 Å². The first-order valence-electron chi connectivity index (χ1n) is 8.60. The zero-order valence-corrected chi connectivity index (χ0v) is 14.5. The minimum atomic E-state index is -0.246. The van der Waals surface area contributed by atoms with Crippen molar-refractivity contribution in [1.29, 1.82) is 0 Å². The number of aromatic nitrogens is 7. The molecule has 1 fully saturated rings. The average Bonchev–Trinajstić information content (AvgIpc) is 3.41. The molecule has 11 heteroatoms. The molecular formula is C16H19N9O2. The smallest absolute Gasteiger partial charge is 0.269 e. The van der Waals surface area contributed by atoms with E-state index < -0.39 is 0 Å². The Kier molecular flexibility index (Phi) is 5.12. The van der Waals surface area contributed by atoms with Crippen molar-refractivity contribution in [1.82, 2.24) is 45.6 Å². The number of carbonyl (C=O) groups excluding carboxylic acids is 1. The molecule has 0 radical (unpaired) electrons. The van der Waals surface area contributed by atoms with E-state index in [2.05, 4.69) is 40.9 Å². The zero-order chi connectivity index (χ0) is 18.5. The highest BCUT2D eigenvalue weighted by atomic mass is 16.5. The molecule has 0 aromatic carbocycles. The number of ether oxygens (including phenoxy) is 1. The molecule has 140 valence electrons. The van der Waals surface area contributed by atoms with E-state index in [1.807, 2.05) is 18.3 Å². The maximum atomic E-state index is 12.5. The minimum Gasteiger partial charge on any atom is -0.379 e. The number of carbonyl (C=O) groups is 1. The fourth-order valence-electron chi connectivity index (χ4n) is 3.02. The summed E-state index contributed by atoms with van der Waals surface area (Å²) in [4.78, 5) is 19.0. The lowest BCUT2D eigenvalue weighted by atomic mass is 10.1. The maximum absolute atomic E-state index is 12.5. The Morgan fingerprint density at radius 3 is 3.00 bits per heavy atom. The quantitative estimate of drug-likeness (QED) is 0.600. The summed E-state index contributed by atoms with van der Waals surface area (Å²) in [6.07, 6.45) is 4.98. The molecule has 27 heavy (non-hydrogen) atoms. The van der Waals surface area contributed by atoms with Gasteiger partial charge in [0.15, 0.2) is 5.82 Å². The molecule has 1 amide bonds. The summed E-state index contributed by atoms with van der Waals surface area (Å²) < 4.78 is 6.82. The van der Waals surface area contributed by atoms with Gasteiger partial charge in [-0.25, -0.2) is 0 Å². The van der Waals surface area contributed by atoms with E-state index in [-0.39, 0.29) is 11.9 Å². The number of rotatable bonds is 6. The van der Waals surface area contributed by atoms with Gasteiger partial charge in [0.1, 0.15) is 12.0 Å². The van der Waals surface area contributed by atoms with E-state index >= 15 is 0 Å². The molecule has 1 unspecified atom stereocenters. The van der Waals surface area contributed by atoms with E-state index in [4.69, 9.17) is 4.74 Å². The molecule has 4 rings (SSSR count). The lowest BCUT2D eigenvalue weighted by Crippen LogP contribution is -2.43. The van der Waals surface area contributed by atoms with Gasteiger partial charge in [-0.3, -0.25) is 19.8 Å². The first-order chi connectivity index (χ1) is 13.3. The van der Waals surface area contributed by atoms with Crippen molar-refractivity contribution in [3.63, 3.8) is 0 Å². The van der Waals surface area contributed by atoms with Crippen LogP contribution in [0.3, 0.4) is 0 Å². The van der Waals surface area contributed by atoms with Gasteiger partial charge in [0.25, 0.3) is 5.91 Å². The fourth-order valence-corrected chi connectivity index (χ4v) is 3.02. The number of morpholine rings is 1. The molecule has 0 spiro atoms. The predicted octanol–water partition coefficient (Wildman–Crippen LogP) is -0.416. The summed E-state index contributed by atoms with van der Waals surface area (Å²) in [5.41, 5.74) is 1.39. The lowest BCUT2D eigenvalue weighted by molar-refractivity contribution is 0.0161. The SMILES string of the molecule is O=C(NCC(c1cccnc1)N1CCOCC1)c1cc(-n2cnnn2)n[nH]1. The van der Waals surface area contributed by atoms with Crippen LogP contribution in [-0.4, -0.2) is 79.0 Å². The molecule has 11 nitrogen and oxygen atoms in total. The topological polar surface area (TPSA) is 127 Å². The van der Waals surface area contributed by atoms with Crippen LogP contribution >= 0.6 is 0 Å². The highest BCUT2D eigenvalue weighted by Gasteiger charge is 2.24. The van der Waals surface area contributed by atoms with Gasteiger partial charge >= 0.3 is 0 Å². The van der Waals surface area contributed by atoms with Crippen LogP contribution in [0.5, 0.6) is 0 Å². The van der Waals surface area contributed by atoms with E-state index in [1.165, 1.54) is 11.0 Å². The summed E-state index contributed by atoms with van der Waals surface area (Å²) in [5.74, 6) is 0.200. The molecule has 3 aromatic heterocycles. The van der Waals surface area contributed by atoms with Crippen LogP contribution in [0, 0.1) is 0 Å². The summed E-state index contributed by atoms with van der Waals surface area (Å²) >= 11 is 0. The lowest BCUT2D eigenvalue weighted by Gasteiger charge is -2.34. The van der Waals surface area contributed by atoms with Crippen molar-refractivity contribution in [2.24, 2.45) is 0 Å². The number of amides is 1. The number of nitrogens with zero attached hydrogens (tertiary/aromatic N) is 7. The molecule has 3 aromatic rings. The largest absolute Gasteiger partial charge is 0.379 e. The number of aromatic amines is 1. The van der Waals surface area contributed by atoms with E-state index in [0.29, 0.717) is 31.3 Å². The molecule has 1 atom stereocenters. The van der Waals surface area contributed by atoms with Crippen molar-refractivity contribution in [2.45, 2.75) is 6.04 Å². The number of H-pyrrole nitrogens is 1. The molecule has 0 saturated carbocycles. The maximum Gasteiger partial charge on any atom is 0.269 e. The van der Waals surface area contributed by atoms with Crippen LogP contribution in [0.1, 0.15) is 22.1 Å². The fraction of sp³-hybridized carbons (Fsp3) is 0.375. The number of tetrazole rings is 1. The van der Waals surface area contributed by atoms with Crippen LogP contribution in [0.25, 0.3) is 5.82 Å². The molecular weight excluding hydrogens is 350 g/mol. The van der Waals surface area contributed by atoms with Crippen molar-refractivity contribution in [3.8, 4) is 5.82 Å². The third-order valence-corrected chi connectivity index (χ3v) is 4.40. The molecule has 4 heterocycles. The molecule has 1 aliphatic rings. The van der Waals surface area contributed by atoms with Gasteiger partial charge in [-0.05, 0) is 22.1 Å². The van der Waals surface area contributed by atoms with Crippen LogP contribution in [0.4, 0.5) is 0 Å². The zero-order valence-electron chi connectivity index (χ0n) is 14.5. The molecule has 0 bridgehead atoms. The van der Waals surface area contributed by atoms with Crippen molar-refractivity contribution >= 4 is 5.91 Å². The Hall–Kier alpha value is -3.18. The molecule has 2 N–H and O–H groups in total. The Labute approximate surface area is 154 Å². The van der Waals surface area contributed by atoms with Gasteiger partial charge in [0.05, 0.1) is 19.3 Å². The van der Waals surface area contributed by atoms with Crippen molar-refractivity contribution in [2.75, 3.05) is 32.8 Å². The van der Waals surface area contributed by atoms with Crippen LogP contribution < -0.4 is 5.32 Å². The Morgan fingerprint density at radius 2 is 2.26 bits per heavy atom. The Morgan fingerprint density at radius 1 is 1.37 bits per heavy atom. The number of hydrogen-bond acceptors (Lipinski definition) is 8. The summed E-state index contributed by atoms with van der Waals surface area (Å²) in [6, 6.07) is 5.54. The van der Waals surface area contributed by atoms with E-state index in [0.717, 1.165) is 18.7 Å². The predicted molar refractivity (Wildman–Crippen MR) is 93.0 cm³/mol. The summed E-state index contributed by atoms with van der Waals surface area (Å²) in [6.45, 7) is 3.43. The van der Waals surface area contributed by atoms with Gasteiger partial charge in [-0.2, -0.15) is 9.78 Å². The second kappa shape index (κ2) is 8.01. The normalized spacial score (nSPS) is 16.1. The molecule has 1 saturated heterocycles. The van der Waals surface area contributed by atoms with Gasteiger partial charge in [0, 0.05) is 38.1 Å². The third-order valence-electron chi connectivity index (χ3n) is 4.40. The number of nitrogens with one attached hydrogen (secondary N) is 2. The molecule has 1 aliphatic heterocycles. The van der Waals surface area contributed by atoms with Crippen LogP contribution in [-0.2, 0) is 4.74 Å². The van der Waals surface area contributed by atoms with Gasteiger partial charge in [0.2, 0.25) is 0 Å². The standard InChI is InChI=1S/C16H19N9O2/c26-16(13-8-15(21-20-13)25-11-19-22-23-25)18-10-14(12-2-1-3-17-9-12)24-4-6-27-7-5-24/h1-3,8-9,11,14H,4-7,10H2,(H,18,26)(H,20,21). The first-order valence-corrected chi connectivity index (χ1v) is 8.60. The van der Waals surface area contributed by atoms with Crippen molar-refractivity contribution < 1.29 is 9.53 Å².